The maximum absolute atomic E-state index is 12.3. The Hall–Kier alpha value is -3.74. The normalized spacial score (nSPS) is 11.2. The fraction of sp³-hybridized carbons (Fsp3) is 0.182. The van der Waals surface area contributed by atoms with Crippen LogP contribution in [0.2, 0.25) is 0 Å². The number of aromatic nitrogens is 1. The van der Waals surface area contributed by atoms with E-state index in [-0.39, 0.29) is 18.4 Å². The van der Waals surface area contributed by atoms with Crippen LogP contribution in [0.4, 0.5) is 0 Å². The number of rotatable bonds is 6. The second kappa shape index (κ2) is 8.97. The van der Waals surface area contributed by atoms with Crippen molar-refractivity contribution in [2.24, 2.45) is 5.10 Å². The Morgan fingerprint density at radius 1 is 1.03 bits per heavy atom. The van der Waals surface area contributed by atoms with E-state index in [0.717, 1.165) is 16.5 Å². The van der Waals surface area contributed by atoms with Crippen LogP contribution < -0.4 is 10.2 Å². The molecule has 0 fully saturated rings. The topological polar surface area (TPSA) is 83.9 Å². The number of ether oxygens (including phenoxy) is 1. The fourth-order valence-corrected chi connectivity index (χ4v) is 2.52. The second-order valence-electron chi connectivity index (χ2n) is 6.63. The van der Waals surface area contributed by atoms with Crippen LogP contribution in [0.5, 0.6) is 5.75 Å². The Morgan fingerprint density at radius 3 is 2.48 bits per heavy atom. The van der Waals surface area contributed by atoms with E-state index in [0.29, 0.717) is 17.2 Å². The quantitative estimate of drug-likeness (QED) is 0.518. The van der Waals surface area contributed by atoms with Crippen molar-refractivity contribution >= 4 is 28.4 Å². The van der Waals surface area contributed by atoms with Crippen LogP contribution in [0.15, 0.2) is 65.8 Å². The number of nitrogens with zero attached hydrogens (tertiary/aromatic N) is 3. The van der Waals surface area contributed by atoms with Gasteiger partial charge in [0.1, 0.15) is 11.4 Å². The van der Waals surface area contributed by atoms with Gasteiger partial charge in [-0.05, 0) is 48.9 Å². The summed E-state index contributed by atoms with van der Waals surface area (Å²) in [4.78, 5) is 29.7. The van der Waals surface area contributed by atoms with Gasteiger partial charge in [0.25, 0.3) is 11.8 Å². The Bertz CT molecular complexity index is 1060. The number of carbonyl (C=O) groups is 2. The molecule has 2 amide bonds. The van der Waals surface area contributed by atoms with Gasteiger partial charge in [0.05, 0.1) is 11.2 Å². The van der Waals surface area contributed by atoms with Gasteiger partial charge in [-0.15, -0.1) is 0 Å². The molecule has 0 aliphatic carbocycles. The molecule has 0 bridgehead atoms. The SMILES string of the molecule is C/C(=N\NC(=O)c1ccc2ccccc2n1)c1ccc(OCC(=O)N(C)C)cc1. The molecule has 1 heterocycles. The van der Waals surface area contributed by atoms with E-state index >= 15 is 0 Å². The van der Waals surface area contributed by atoms with Gasteiger partial charge in [0.2, 0.25) is 0 Å². The molecule has 0 aliphatic heterocycles. The highest BCUT2D eigenvalue weighted by Gasteiger charge is 2.08. The molecular formula is C22H22N4O3. The van der Waals surface area contributed by atoms with Crippen molar-refractivity contribution in [3.8, 4) is 5.75 Å². The third kappa shape index (κ3) is 5.16. The minimum absolute atomic E-state index is 0.0196. The van der Waals surface area contributed by atoms with Crippen LogP contribution in [0.25, 0.3) is 10.9 Å². The lowest BCUT2D eigenvalue weighted by molar-refractivity contribution is -0.130. The molecule has 29 heavy (non-hydrogen) atoms. The van der Waals surface area contributed by atoms with E-state index in [1.807, 2.05) is 42.5 Å². The van der Waals surface area contributed by atoms with E-state index in [1.165, 1.54) is 4.90 Å². The number of amides is 2. The lowest BCUT2D eigenvalue weighted by atomic mass is 10.1. The van der Waals surface area contributed by atoms with Gasteiger partial charge in [0, 0.05) is 19.5 Å². The maximum Gasteiger partial charge on any atom is 0.289 e. The highest BCUT2D eigenvalue weighted by Crippen LogP contribution is 2.14. The van der Waals surface area contributed by atoms with Crippen LogP contribution in [0.3, 0.4) is 0 Å². The van der Waals surface area contributed by atoms with Crippen LogP contribution in [-0.4, -0.2) is 48.1 Å². The molecule has 0 aliphatic rings. The lowest BCUT2D eigenvalue weighted by Crippen LogP contribution is -2.27. The third-order valence-corrected chi connectivity index (χ3v) is 4.29. The van der Waals surface area contributed by atoms with Crippen LogP contribution in [-0.2, 0) is 4.79 Å². The van der Waals surface area contributed by atoms with Gasteiger partial charge in [-0.2, -0.15) is 5.10 Å². The summed E-state index contributed by atoms with van der Waals surface area (Å²) in [5, 5.41) is 5.12. The standard InChI is InChI=1S/C22H22N4O3/c1-15(16-8-11-18(12-9-16)29-14-21(27)26(2)3)24-25-22(28)20-13-10-17-6-4-5-7-19(17)23-20/h4-13H,14H2,1-3H3,(H,25,28)/b24-15+. The molecule has 0 spiro atoms. The summed E-state index contributed by atoms with van der Waals surface area (Å²) in [5.41, 5.74) is 5.05. The smallest absolute Gasteiger partial charge is 0.289 e. The molecule has 3 rings (SSSR count). The predicted octanol–water partition coefficient (Wildman–Crippen LogP) is 2.86. The molecule has 3 aromatic rings. The summed E-state index contributed by atoms with van der Waals surface area (Å²) >= 11 is 0. The summed E-state index contributed by atoms with van der Waals surface area (Å²) in [7, 11) is 3.35. The van der Waals surface area contributed by atoms with E-state index in [9.17, 15) is 9.59 Å². The van der Waals surface area contributed by atoms with Crippen molar-refractivity contribution in [3.05, 3.63) is 71.9 Å². The monoisotopic (exact) mass is 390 g/mol. The molecule has 0 atom stereocenters. The Labute approximate surface area is 169 Å². The Morgan fingerprint density at radius 2 is 1.76 bits per heavy atom. The molecular weight excluding hydrogens is 368 g/mol. The number of likely N-dealkylation sites (N-methyl/N-ethyl adjacent to an activating group) is 1. The van der Waals surface area contributed by atoms with Crippen molar-refractivity contribution in [3.63, 3.8) is 0 Å². The van der Waals surface area contributed by atoms with E-state index in [1.54, 1.807) is 39.2 Å². The van der Waals surface area contributed by atoms with Gasteiger partial charge in [-0.3, -0.25) is 9.59 Å². The van der Waals surface area contributed by atoms with Crippen molar-refractivity contribution in [2.75, 3.05) is 20.7 Å². The van der Waals surface area contributed by atoms with Crippen molar-refractivity contribution < 1.29 is 14.3 Å². The average molecular weight is 390 g/mol. The first-order valence-electron chi connectivity index (χ1n) is 9.08. The summed E-state index contributed by atoms with van der Waals surface area (Å²) < 4.78 is 5.45. The summed E-state index contributed by atoms with van der Waals surface area (Å²) in [6.45, 7) is 1.77. The molecule has 0 unspecified atom stereocenters. The summed E-state index contributed by atoms with van der Waals surface area (Å²) in [5.74, 6) is 0.0928. The summed E-state index contributed by atoms with van der Waals surface area (Å²) in [6, 6.07) is 18.3. The zero-order valence-corrected chi connectivity index (χ0v) is 16.5. The number of carbonyl (C=O) groups excluding carboxylic acids is 2. The number of hydrogen-bond donors (Lipinski definition) is 1. The Kier molecular flexibility index (Phi) is 6.19. The lowest BCUT2D eigenvalue weighted by Gasteiger charge is -2.11. The molecule has 1 N–H and O–H groups in total. The number of hydrazone groups is 1. The highest BCUT2D eigenvalue weighted by atomic mass is 16.5. The van der Waals surface area contributed by atoms with E-state index < -0.39 is 0 Å². The van der Waals surface area contributed by atoms with Gasteiger partial charge in [0.15, 0.2) is 6.61 Å². The largest absolute Gasteiger partial charge is 0.484 e. The first-order chi connectivity index (χ1) is 13.9. The number of pyridine rings is 1. The van der Waals surface area contributed by atoms with Gasteiger partial charge in [-0.25, -0.2) is 10.4 Å². The van der Waals surface area contributed by atoms with Crippen LogP contribution in [0.1, 0.15) is 23.0 Å². The molecule has 0 saturated carbocycles. The van der Waals surface area contributed by atoms with E-state index in [2.05, 4.69) is 15.5 Å². The molecule has 2 aromatic carbocycles. The van der Waals surface area contributed by atoms with Crippen LogP contribution >= 0.6 is 0 Å². The second-order valence-corrected chi connectivity index (χ2v) is 6.63. The molecule has 0 saturated heterocycles. The van der Waals surface area contributed by atoms with Gasteiger partial charge < -0.3 is 9.64 Å². The fourth-order valence-electron chi connectivity index (χ4n) is 2.52. The molecule has 1 aromatic heterocycles. The summed E-state index contributed by atoms with van der Waals surface area (Å²) in [6.07, 6.45) is 0. The molecule has 148 valence electrons. The van der Waals surface area contributed by atoms with Crippen molar-refractivity contribution in [1.29, 1.82) is 0 Å². The minimum atomic E-state index is -0.378. The number of para-hydroxylation sites is 1. The molecule has 7 nitrogen and oxygen atoms in total. The molecule has 7 heteroatoms. The number of fused-ring (bicyclic) bond motifs is 1. The minimum Gasteiger partial charge on any atom is -0.484 e. The third-order valence-electron chi connectivity index (χ3n) is 4.29. The van der Waals surface area contributed by atoms with Crippen molar-refractivity contribution in [1.82, 2.24) is 15.3 Å². The zero-order valence-electron chi connectivity index (χ0n) is 16.5. The van der Waals surface area contributed by atoms with E-state index in [4.69, 9.17) is 4.74 Å². The first kappa shape index (κ1) is 20.0. The maximum atomic E-state index is 12.3. The predicted molar refractivity (Wildman–Crippen MR) is 112 cm³/mol. The van der Waals surface area contributed by atoms with Gasteiger partial charge >= 0.3 is 0 Å². The first-order valence-corrected chi connectivity index (χ1v) is 9.08. The molecule has 0 radical (unpaired) electrons. The average Bonchev–Trinajstić information content (AvgIpc) is 2.75. The number of nitrogens with one attached hydrogen (secondary N) is 1. The number of hydrogen-bond acceptors (Lipinski definition) is 5. The highest BCUT2D eigenvalue weighted by molar-refractivity contribution is 6.01. The Balaban J connectivity index is 1.62. The number of benzene rings is 2. The van der Waals surface area contributed by atoms with Crippen LogP contribution in [0, 0.1) is 0 Å². The zero-order chi connectivity index (χ0) is 20.8. The van der Waals surface area contributed by atoms with Gasteiger partial charge in [-0.1, -0.05) is 24.3 Å². The van der Waals surface area contributed by atoms with Crippen molar-refractivity contribution in [2.45, 2.75) is 6.92 Å².